The van der Waals surface area contributed by atoms with Crippen LogP contribution in [0.15, 0.2) is 35.1 Å². The fourth-order valence-corrected chi connectivity index (χ4v) is 3.27. The summed E-state index contributed by atoms with van der Waals surface area (Å²) < 4.78 is 0.858. The molecule has 0 bridgehead atoms. The number of amides is 1. The van der Waals surface area contributed by atoms with E-state index in [2.05, 4.69) is 36.1 Å². The third-order valence-corrected chi connectivity index (χ3v) is 4.59. The molecule has 1 amide bonds. The Kier molecular flexibility index (Phi) is 4.91. The Morgan fingerprint density at radius 1 is 1.17 bits per heavy atom. The Hall–Kier alpha value is -1.95. The van der Waals surface area contributed by atoms with Gasteiger partial charge in [0.1, 0.15) is 17.8 Å². The molecule has 1 aliphatic rings. The van der Waals surface area contributed by atoms with Gasteiger partial charge in [-0.1, -0.05) is 6.07 Å². The zero-order valence-corrected chi connectivity index (χ0v) is 14.6. The van der Waals surface area contributed by atoms with Gasteiger partial charge in [0.05, 0.1) is 5.69 Å². The maximum atomic E-state index is 12.4. The number of anilines is 2. The molecule has 2 aromatic rings. The van der Waals surface area contributed by atoms with E-state index in [-0.39, 0.29) is 5.91 Å². The average Bonchev–Trinajstić information content (AvgIpc) is 2.58. The number of nitrogens with one attached hydrogen (secondary N) is 1. The van der Waals surface area contributed by atoms with Gasteiger partial charge in [-0.15, -0.1) is 0 Å². The first-order valence-corrected chi connectivity index (χ1v) is 8.57. The Balaban J connectivity index is 1.76. The smallest absolute Gasteiger partial charge is 0.274 e. The van der Waals surface area contributed by atoms with Crippen molar-refractivity contribution < 1.29 is 4.79 Å². The minimum absolute atomic E-state index is 0.227. The molecule has 1 fully saturated rings. The Labute approximate surface area is 144 Å². The van der Waals surface area contributed by atoms with E-state index in [9.17, 15) is 4.79 Å². The summed E-state index contributed by atoms with van der Waals surface area (Å²) in [5.41, 5.74) is 2.25. The van der Waals surface area contributed by atoms with Crippen LogP contribution in [0.1, 0.15) is 35.3 Å². The third-order valence-electron chi connectivity index (χ3n) is 3.94. The first kappa shape index (κ1) is 15.9. The van der Waals surface area contributed by atoms with Crippen LogP contribution in [0.5, 0.6) is 0 Å². The van der Waals surface area contributed by atoms with Crippen molar-refractivity contribution in [3.05, 3.63) is 46.3 Å². The summed E-state index contributed by atoms with van der Waals surface area (Å²) in [6, 6.07) is 7.57. The summed E-state index contributed by atoms with van der Waals surface area (Å²) in [6.45, 7) is 3.98. The van der Waals surface area contributed by atoms with E-state index in [1.165, 1.54) is 25.6 Å². The van der Waals surface area contributed by atoms with Crippen LogP contribution in [0.2, 0.25) is 0 Å². The second kappa shape index (κ2) is 7.08. The van der Waals surface area contributed by atoms with E-state index in [1.807, 2.05) is 25.1 Å². The summed E-state index contributed by atoms with van der Waals surface area (Å²) in [5, 5.41) is 2.89. The topological polar surface area (TPSA) is 58.1 Å². The van der Waals surface area contributed by atoms with Crippen LogP contribution in [0.4, 0.5) is 11.5 Å². The van der Waals surface area contributed by atoms with E-state index < -0.39 is 0 Å². The quantitative estimate of drug-likeness (QED) is 0.887. The number of piperidine rings is 1. The number of rotatable bonds is 3. The summed E-state index contributed by atoms with van der Waals surface area (Å²) in [7, 11) is 0. The number of carbonyl (C=O) groups is 1. The van der Waals surface area contributed by atoms with Gasteiger partial charge in [0, 0.05) is 23.6 Å². The van der Waals surface area contributed by atoms with Crippen molar-refractivity contribution >= 4 is 33.3 Å². The lowest BCUT2D eigenvalue weighted by molar-refractivity contribution is 0.102. The lowest BCUT2D eigenvalue weighted by Gasteiger charge is -2.27. The van der Waals surface area contributed by atoms with Crippen LogP contribution in [0, 0.1) is 6.92 Å². The molecule has 1 aromatic heterocycles. The first-order valence-electron chi connectivity index (χ1n) is 7.78. The van der Waals surface area contributed by atoms with Gasteiger partial charge in [0.15, 0.2) is 0 Å². The largest absolute Gasteiger partial charge is 0.357 e. The summed E-state index contributed by atoms with van der Waals surface area (Å²) in [4.78, 5) is 23.1. The minimum atomic E-state index is -0.227. The molecule has 0 aliphatic carbocycles. The number of carbonyl (C=O) groups excluding carboxylic acids is 1. The highest BCUT2D eigenvalue weighted by atomic mass is 79.9. The summed E-state index contributed by atoms with van der Waals surface area (Å²) in [6.07, 6.45) is 5.06. The van der Waals surface area contributed by atoms with E-state index in [4.69, 9.17) is 0 Å². The fourth-order valence-electron chi connectivity index (χ4n) is 2.68. The minimum Gasteiger partial charge on any atom is -0.357 e. The van der Waals surface area contributed by atoms with Crippen LogP contribution in [-0.4, -0.2) is 29.0 Å². The molecule has 0 atom stereocenters. The van der Waals surface area contributed by atoms with Crippen molar-refractivity contribution in [1.82, 2.24) is 9.97 Å². The molecule has 1 aliphatic heterocycles. The number of benzene rings is 1. The monoisotopic (exact) mass is 374 g/mol. The van der Waals surface area contributed by atoms with Crippen molar-refractivity contribution in [2.75, 3.05) is 23.3 Å². The number of nitrogens with zero attached hydrogens (tertiary/aromatic N) is 3. The molecule has 23 heavy (non-hydrogen) atoms. The predicted octanol–water partition coefficient (Wildman–Crippen LogP) is 3.79. The molecule has 0 saturated carbocycles. The molecule has 0 radical (unpaired) electrons. The van der Waals surface area contributed by atoms with E-state index in [1.54, 1.807) is 6.07 Å². The van der Waals surface area contributed by atoms with Gasteiger partial charge >= 0.3 is 0 Å². The van der Waals surface area contributed by atoms with Gasteiger partial charge in [-0.2, -0.15) is 0 Å². The van der Waals surface area contributed by atoms with Crippen molar-refractivity contribution in [2.24, 2.45) is 0 Å². The zero-order chi connectivity index (χ0) is 16.2. The highest BCUT2D eigenvalue weighted by molar-refractivity contribution is 9.10. The second-order valence-corrected chi connectivity index (χ2v) is 6.60. The van der Waals surface area contributed by atoms with Crippen LogP contribution < -0.4 is 10.2 Å². The van der Waals surface area contributed by atoms with Crippen LogP contribution in [0.3, 0.4) is 0 Å². The van der Waals surface area contributed by atoms with Gasteiger partial charge in [-0.25, -0.2) is 9.97 Å². The molecule has 0 spiro atoms. The van der Waals surface area contributed by atoms with E-state index in [0.717, 1.165) is 34.6 Å². The van der Waals surface area contributed by atoms with Crippen molar-refractivity contribution in [3.8, 4) is 0 Å². The SMILES string of the molecule is Cc1ccc(NC(=O)c2cc(N3CCCCC3)ncn2)c(Br)c1. The molecule has 120 valence electrons. The van der Waals surface area contributed by atoms with Crippen LogP contribution in [-0.2, 0) is 0 Å². The molecule has 2 heterocycles. The van der Waals surface area contributed by atoms with Gasteiger partial charge in [-0.05, 0) is 59.8 Å². The normalized spacial score (nSPS) is 14.6. The molecule has 1 N–H and O–H groups in total. The molecular formula is C17H19BrN4O. The number of aromatic nitrogens is 2. The average molecular weight is 375 g/mol. The first-order chi connectivity index (χ1) is 11.1. The molecule has 5 nitrogen and oxygen atoms in total. The van der Waals surface area contributed by atoms with Gasteiger partial charge in [0.25, 0.3) is 5.91 Å². The number of aryl methyl sites for hydroxylation is 1. The standard InChI is InChI=1S/C17H19BrN4O/c1-12-5-6-14(13(18)9-12)21-17(23)15-10-16(20-11-19-15)22-7-3-2-4-8-22/h5-6,9-11H,2-4,7-8H2,1H3,(H,21,23). The number of hydrogen-bond donors (Lipinski definition) is 1. The predicted molar refractivity (Wildman–Crippen MR) is 94.9 cm³/mol. The van der Waals surface area contributed by atoms with Crippen molar-refractivity contribution in [1.29, 1.82) is 0 Å². The lowest BCUT2D eigenvalue weighted by atomic mass is 10.1. The number of halogens is 1. The van der Waals surface area contributed by atoms with Crippen molar-refractivity contribution in [3.63, 3.8) is 0 Å². The summed E-state index contributed by atoms with van der Waals surface area (Å²) in [5.74, 6) is 0.600. The van der Waals surface area contributed by atoms with E-state index in [0.29, 0.717) is 5.69 Å². The molecule has 1 saturated heterocycles. The van der Waals surface area contributed by atoms with Crippen LogP contribution in [0.25, 0.3) is 0 Å². The molecule has 3 rings (SSSR count). The zero-order valence-electron chi connectivity index (χ0n) is 13.1. The molecule has 6 heteroatoms. The van der Waals surface area contributed by atoms with Gasteiger partial charge in [0.2, 0.25) is 0 Å². The maximum Gasteiger partial charge on any atom is 0.274 e. The molecule has 1 aromatic carbocycles. The fraction of sp³-hybridized carbons (Fsp3) is 0.353. The summed E-state index contributed by atoms with van der Waals surface area (Å²) >= 11 is 3.47. The molecule has 0 unspecified atom stereocenters. The number of hydrogen-bond acceptors (Lipinski definition) is 4. The van der Waals surface area contributed by atoms with Gasteiger partial charge in [-0.3, -0.25) is 4.79 Å². The van der Waals surface area contributed by atoms with Gasteiger partial charge < -0.3 is 10.2 Å². The molecular weight excluding hydrogens is 356 g/mol. The highest BCUT2D eigenvalue weighted by Crippen LogP contribution is 2.24. The Bertz CT molecular complexity index is 713. The Morgan fingerprint density at radius 3 is 2.70 bits per heavy atom. The van der Waals surface area contributed by atoms with E-state index >= 15 is 0 Å². The second-order valence-electron chi connectivity index (χ2n) is 5.75. The van der Waals surface area contributed by atoms with Crippen molar-refractivity contribution in [2.45, 2.75) is 26.2 Å². The lowest BCUT2D eigenvalue weighted by Crippen LogP contribution is -2.30. The highest BCUT2D eigenvalue weighted by Gasteiger charge is 2.16. The van der Waals surface area contributed by atoms with Crippen LogP contribution >= 0.6 is 15.9 Å². The third kappa shape index (κ3) is 3.88. The Morgan fingerprint density at radius 2 is 1.96 bits per heavy atom. The maximum absolute atomic E-state index is 12.4.